The van der Waals surface area contributed by atoms with E-state index in [1.165, 1.54) is 12.8 Å². The summed E-state index contributed by atoms with van der Waals surface area (Å²) >= 11 is 0. The van der Waals surface area contributed by atoms with Crippen LogP contribution in [0.5, 0.6) is 0 Å². The molecule has 1 atom stereocenters. The van der Waals surface area contributed by atoms with Gasteiger partial charge in [0.1, 0.15) is 5.76 Å². The number of nitrogens with one attached hydrogen (secondary N) is 1. The van der Waals surface area contributed by atoms with Gasteiger partial charge in [-0.25, -0.2) is 4.98 Å². The molecule has 0 aliphatic heterocycles. The molecule has 0 radical (unpaired) electrons. The third-order valence-corrected chi connectivity index (χ3v) is 2.42. The zero-order chi connectivity index (χ0) is 9.26. The van der Waals surface area contributed by atoms with Crippen molar-refractivity contribution in [1.29, 1.82) is 0 Å². The molecular formula is C10H16N2O. The van der Waals surface area contributed by atoms with Crippen molar-refractivity contribution in [1.82, 2.24) is 10.3 Å². The first-order valence-electron chi connectivity index (χ1n) is 4.91. The van der Waals surface area contributed by atoms with Crippen molar-refractivity contribution in [3.8, 4) is 0 Å². The van der Waals surface area contributed by atoms with Crippen LogP contribution in [0.1, 0.15) is 37.5 Å². The first kappa shape index (κ1) is 8.75. The van der Waals surface area contributed by atoms with E-state index in [1.807, 2.05) is 6.92 Å². The Morgan fingerprint density at radius 3 is 3.00 bits per heavy atom. The molecule has 0 spiro atoms. The van der Waals surface area contributed by atoms with Crippen LogP contribution in [0.4, 0.5) is 0 Å². The van der Waals surface area contributed by atoms with Gasteiger partial charge in [-0.3, -0.25) is 0 Å². The first-order valence-corrected chi connectivity index (χ1v) is 4.91. The van der Waals surface area contributed by atoms with E-state index in [1.54, 1.807) is 6.20 Å². The SMILES string of the molecule is Cc1cnc(C(C)NCC2CC2)o1. The summed E-state index contributed by atoms with van der Waals surface area (Å²) in [6, 6.07) is 0.245. The summed E-state index contributed by atoms with van der Waals surface area (Å²) in [6.45, 7) is 5.11. The molecule has 1 aromatic rings. The Kier molecular flexibility index (Phi) is 2.36. The Labute approximate surface area is 78.5 Å². The predicted molar refractivity (Wildman–Crippen MR) is 50.4 cm³/mol. The summed E-state index contributed by atoms with van der Waals surface area (Å²) in [5, 5.41) is 3.42. The van der Waals surface area contributed by atoms with Gasteiger partial charge in [0.05, 0.1) is 12.2 Å². The van der Waals surface area contributed by atoms with Crippen LogP contribution < -0.4 is 5.32 Å². The van der Waals surface area contributed by atoms with Gasteiger partial charge in [0, 0.05) is 0 Å². The average molecular weight is 180 g/mol. The number of hydrogen-bond acceptors (Lipinski definition) is 3. The Morgan fingerprint density at radius 2 is 2.46 bits per heavy atom. The lowest BCUT2D eigenvalue weighted by molar-refractivity contribution is 0.399. The topological polar surface area (TPSA) is 38.1 Å². The van der Waals surface area contributed by atoms with Crippen LogP contribution in [-0.4, -0.2) is 11.5 Å². The molecule has 0 amide bonds. The normalized spacial score (nSPS) is 18.9. The molecule has 1 unspecified atom stereocenters. The fourth-order valence-electron chi connectivity index (χ4n) is 1.33. The highest BCUT2D eigenvalue weighted by molar-refractivity contribution is 4.95. The van der Waals surface area contributed by atoms with Crippen LogP contribution in [0.3, 0.4) is 0 Å². The lowest BCUT2D eigenvalue weighted by Gasteiger charge is -2.08. The maximum Gasteiger partial charge on any atom is 0.211 e. The molecule has 0 saturated heterocycles. The van der Waals surface area contributed by atoms with E-state index in [0.717, 1.165) is 24.1 Å². The van der Waals surface area contributed by atoms with Crippen molar-refractivity contribution in [3.63, 3.8) is 0 Å². The number of hydrogen-bond donors (Lipinski definition) is 1. The number of rotatable bonds is 4. The van der Waals surface area contributed by atoms with E-state index in [-0.39, 0.29) is 6.04 Å². The van der Waals surface area contributed by atoms with Crippen LogP contribution >= 0.6 is 0 Å². The monoisotopic (exact) mass is 180 g/mol. The van der Waals surface area contributed by atoms with Crippen molar-refractivity contribution in [3.05, 3.63) is 17.8 Å². The minimum Gasteiger partial charge on any atom is -0.444 e. The van der Waals surface area contributed by atoms with E-state index < -0.39 is 0 Å². The molecule has 1 aromatic heterocycles. The summed E-state index contributed by atoms with van der Waals surface area (Å²) in [7, 11) is 0. The maximum atomic E-state index is 5.42. The van der Waals surface area contributed by atoms with E-state index in [2.05, 4.69) is 17.2 Å². The summed E-state index contributed by atoms with van der Waals surface area (Å²) in [5.74, 6) is 2.59. The highest BCUT2D eigenvalue weighted by Crippen LogP contribution is 2.28. The van der Waals surface area contributed by atoms with Crippen molar-refractivity contribution < 1.29 is 4.42 Å². The maximum absolute atomic E-state index is 5.42. The van der Waals surface area contributed by atoms with Crippen molar-refractivity contribution >= 4 is 0 Å². The van der Waals surface area contributed by atoms with Crippen LogP contribution in [-0.2, 0) is 0 Å². The van der Waals surface area contributed by atoms with Crippen molar-refractivity contribution in [2.75, 3.05) is 6.54 Å². The van der Waals surface area contributed by atoms with E-state index in [9.17, 15) is 0 Å². The number of oxazole rings is 1. The van der Waals surface area contributed by atoms with E-state index in [4.69, 9.17) is 4.42 Å². The largest absolute Gasteiger partial charge is 0.444 e. The molecule has 13 heavy (non-hydrogen) atoms. The second-order valence-electron chi connectivity index (χ2n) is 3.88. The number of aryl methyl sites for hydroxylation is 1. The minimum atomic E-state index is 0.245. The molecule has 1 heterocycles. The molecule has 1 aliphatic rings. The minimum absolute atomic E-state index is 0.245. The standard InChI is InChI=1S/C10H16N2O/c1-7-5-12-10(13-7)8(2)11-6-9-3-4-9/h5,8-9,11H,3-4,6H2,1-2H3. The molecular weight excluding hydrogens is 164 g/mol. The van der Waals surface area contributed by atoms with Gasteiger partial charge in [0.25, 0.3) is 0 Å². The Morgan fingerprint density at radius 1 is 1.69 bits per heavy atom. The number of aromatic nitrogens is 1. The quantitative estimate of drug-likeness (QED) is 0.770. The zero-order valence-corrected chi connectivity index (χ0v) is 8.21. The van der Waals surface area contributed by atoms with Gasteiger partial charge in [-0.05, 0) is 39.2 Å². The summed E-state index contributed by atoms with van der Waals surface area (Å²) in [4.78, 5) is 4.18. The molecule has 1 aliphatic carbocycles. The highest BCUT2D eigenvalue weighted by atomic mass is 16.4. The molecule has 1 fully saturated rings. The third-order valence-electron chi connectivity index (χ3n) is 2.42. The lowest BCUT2D eigenvalue weighted by atomic mass is 10.3. The summed E-state index contributed by atoms with van der Waals surface area (Å²) in [6.07, 6.45) is 4.53. The van der Waals surface area contributed by atoms with Gasteiger partial charge in [-0.1, -0.05) is 0 Å². The molecule has 0 bridgehead atoms. The smallest absolute Gasteiger partial charge is 0.211 e. The fraction of sp³-hybridized carbons (Fsp3) is 0.700. The van der Waals surface area contributed by atoms with Gasteiger partial charge in [-0.2, -0.15) is 0 Å². The molecule has 3 nitrogen and oxygen atoms in total. The fourth-order valence-corrected chi connectivity index (χ4v) is 1.33. The van der Waals surface area contributed by atoms with Crippen LogP contribution in [0.15, 0.2) is 10.6 Å². The summed E-state index contributed by atoms with van der Waals surface area (Å²) < 4.78 is 5.42. The molecule has 1 saturated carbocycles. The van der Waals surface area contributed by atoms with Crippen LogP contribution in [0, 0.1) is 12.8 Å². The average Bonchev–Trinajstić information content (AvgIpc) is 2.84. The van der Waals surface area contributed by atoms with Gasteiger partial charge < -0.3 is 9.73 Å². The highest BCUT2D eigenvalue weighted by Gasteiger charge is 2.22. The Hall–Kier alpha value is -0.830. The van der Waals surface area contributed by atoms with Crippen molar-refractivity contribution in [2.45, 2.75) is 32.7 Å². The van der Waals surface area contributed by atoms with E-state index >= 15 is 0 Å². The second-order valence-corrected chi connectivity index (χ2v) is 3.88. The molecule has 3 heteroatoms. The van der Waals surface area contributed by atoms with Crippen LogP contribution in [0.2, 0.25) is 0 Å². The third kappa shape index (κ3) is 2.31. The summed E-state index contributed by atoms with van der Waals surface area (Å²) in [5.41, 5.74) is 0. The van der Waals surface area contributed by atoms with Crippen LogP contribution in [0.25, 0.3) is 0 Å². The Balaban J connectivity index is 1.84. The number of nitrogens with zero attached hydrogens (tertiary/aromatic N) is 1. The Bertz CT molecular complexity index is 278. The lowest BCUT2D eigenvalue weighted by Crippen LogP contribution is -2.21. The molecule has 1 N–H and O–H groups in total. The van der Waals surface area contributed by atoms with Gasteiger partial charge >= 0.3 is 0 Å². The second kappa shape index (κ2) is 3.50. The predicted octanol–water partition coefficient (Wildman–Crippen LogP) is 2.04. The van der Waals surface area contributed by atoms with Crippen molar-refractivity contribution in [2.24, 2.45) is 5.92 Å². The first-order chi connectivity index (χ1) is 6.25. The molecule has 72 valence electrons. The molecule has 0 aromatic carbocycles. The van der Waals surface area contributed by atoms with Gasteiger partial charge in [-0.15, -0.1) is 0 Å². The van der Waals surface area contributed by atoms with Gasteiger partial charge in [0.2, 0.25) is 5.89 Å². The zero-order valence-electron chi connectivity index (χ0n) is 8.21. The van der Waals surface area contributed by atoms with Gasteiger partial charge in [0.15, 0.2) is 0 Å². The van der Waals surface area contributed by atoms with E-state index in [0.29, 0.717) is 0 Å². The molecule has 2 rings (SSSR count).